The molecule has 1 aliphatic heterocycles. The highest BCUT2D eigenvalue weighted by molar-refractivity contribution is 7.17. The number of fused-ring (bicyclic) bond motifs is 1. The van der Waals surface area contributed by atoms with Crippen molar-refractivity contribution in [2.75, 3.05) is 20.1 Å². The van der Waals surface area contributed by atoms with E-state index < -0.39 is 41.9 Å². The van der Waals surface area contributed by atoms with E-state index in [0.29, 0.717) is 5.92 Å². The Bertz CT molecular complexity index is 1060. The van der Waals surface area contributed by atoms with Gasteiger partial charge in [-0.3, -0.25) is 4.79 Å². The van der Waals surface area contributed by atoms with Gasteiger partial charge in [-0.15, -0.1) is 11.3 Å². The molecule has 3 heterocycles. The lowest BCUT2D eigenvalue weighted by Gasteiger charge is -2.34. The van der Waals surface area contributed by atoms with Gasteiger partial charge in [0.25, 0.3) is 5.91 Å². The van der Waals surface area contributed by atoms with E-state index in [9.17, 15) is 27.2 Å². The summed E-state index contributed by atoms with van der Waals surface area (Å²) in [5, 5.41) is 3.65. The van der Waals surface area contributed by atoms with Crippen molar-refractivity contribution < 1.29 is 36.6 Å². The first-order valence-electron chi connectivity index (χ1n) is 10.6. The Kier molecular flexibility index (Phi) is 6.39. The number of hydrogen-bond acceptors (Lipinski definition) is 6. The maximum atomic E-state index is 14.8. The highest BCUT2D eigenvalue weighted by Gasteiger charge is 2.39. The summed E-state index contributed by atoms with van der Waals surface area (Å²) in [6.45, 7) is 1.64. The summed E-state index contributed by atoms with van der Waals surface area (Å²) in [5.74, 6) is -0.671. The summed E-state index contributed by atoms with van der Waals surface area (Å²) < 4.78 is 66.4. The number of pyridine rings is 1. The van der Waals surface area contributed by atoms with E-state index in [0.717, 1.165) is 30.2 Å². The standard InChI is InChI=1S/C21H23F4N3O4S/c1-10(11-3-4-11)31-20(30)28-6-5-15(14(22)8-28)32-16-7-13(21(23,24)25)18-17(27-16)12(9-33-18)19(29)26-2/h7,9-11,14-15H,3-6,8H2,1-2H3,(H,26,29)/t10-,14-,15-/m0/s1. The molecule has 0 spiro atoms. The quantitative estimate of drug-likeness (QED) is 0.630. The van der Waals surface area contributed by atoms with Gasteiger partial charge >= 0.3 is 12.3 Å². The molecule has 0 bridgehead atoms. The maximum Gasteiger partial charge on any atom is 0.418 e. The lowest BCUT2D eigenvalue weighted by molar-refractivity contribution is -0.136. The maximum absolute atomic E-state index is 14.8. The third-order valence-electron chi connectivity index (χ3n) is 5.86. The number of rotatable bonds is 5. The Hall–Kier alpha value is -2.63. The van der Waals surface area contributed by atoms with Crippen molar-refractivity contribution in [3.63, 3.8) is 0 Å². The Morgan fingerprint density at radius 2 is 2.03 bits per heavy atom. The molecule has 2 aliphatic rings. The molecular weight excluding hydrogens is 466 g/mol. The summed E-state index contributed by atoms with van der Waals surface area (Å²) in [6.07, 6.45) is -6.24. The Labute approximate surface area is 191 Å². The first-order chi connectivity index (χ1) is 15.6. The number of nitrogens with one attached hydrogen (secondary N) is 1. The molecule has 3 atom stereocenters. The molecule has 2 fully saturated rings. The molecule has 1 N–H and O–H groups in total. The van der Waals surface area contributed by atoms with E-state index in [-0.39, 0.29) is 41.4 Å². The number of hydrogen-bond donors (Lipinski definition) is 1. The summed E-state index contributed by atoms with van der Waals surface area (Å²) >= 11 is 0.750. The molecule has 1 aliphatic carbocycles. The SMILES string of the molecule is CNC(=O)c1csc2c(C(F)(F)F)cc(O[C@H]3CCN(C(=O)O[C@@H](C)C4CC4)C[C@@H]3F)nc12. The molecule has 4 rings (SSSR count). The Morgan fingerprint density at radius 1 is 1.30 bits per heavy atom. The van der Waals surface area contributed by atoms with Crippen LogP contribution in [0.15, 0.2) is 11.4 Å². The predicted octanol–water partition coefficient (Wildman–Crippen LogP) is 4.40. The average Bonchev–Trinajstić information content (AvgIpc) is 3.53. The molecule has 0 radical (unpaired) electrons. The van der Waals surface area contributed by atoms with E-state index in [1.165, 1.54) is 17.3 Å². The van der Waals surface area contributed by atoms with Crippen molar-refractivity contribution >= 4 is 33.6 Å². The van der Waals surface area contributed by atoms with Gasteiger partial charge < -0.3 is 19.7 Å². The van der Waals surface area contributed by atoms with E-state index in [4.69, 9.17) is 9.47 Å². The van der Waals surface area contributed by atoms with Crippen LogP contribution in [-0.2, 0) is 10.9 Å². The molecule has 2 amide bonds. The van der Waals surface area contributed by atoms with Crippen molar-refractivity contribution in [2.45, 2.75) is 50.7 Å². The molecule has 7 nitrogen and oxygen atoms in total. The number of ether oxygens (including phenoxy) is 2. The minimum atomic E-state index is -4.72. The van der Waals surface area contributed by atoms with E-state index >= 15 is 0 Å². The zero-order chi connectivity index (χ0) is 23.9. The van der Waals surface area contributed by atoms with Gasteiger partial charge in [0.05, 0.1) is 27.9 Å². The minimum absolute atomic E-state index is 0.0207. The van der Waals surface area contributed by atoms with Gasteiger partial charge in [-0.2, -0.15) is 13.2 Å². The van der Waals surface area contributed by atoms with Crippen LogP contribution in [-0.4, -0.2) is 60.4 Å². The lowest BCUT2D eigenvalue weighted by Crippen LogP contribution is -2.50. The van der Waals surface area contributed by atoms with Crippen LogP contribution in [0.1, 0.15) is 42.1 Å². The second-order valence-corrected chi connectivity index (χ2v) is 9.12. The fraction of sp³-hybridized carbons (Fsp3) is 0.571. The van der Waals surface area contributed by atoms with Crippen molar-refractivity contribution in [1.29, 1.82) is 0 Å². The summed E-state index contributed by atoms with van der Waals surface area (Å²) in [5.41, 5.74) is -1.18. The number of likely N-dealkylation sites (tertiary alicyclic amines) is 1. The number of carbonyl (C=O) groups excluding carboxylic acids is 2. The summed E-state index contributed by atoms with van der Waals surface area (Å²) in [7, 11) is 1.36. The van der Waals surface area contributed by atoms with Gasteiger partial charge in [-0.1, -0.05) is 0 Å². The highest BCUT2D eigenvalue weighted by Crippen LogP contribution is 2.40. The summed E-state index contributed by atoms with van der Waals surface area (Å²) in [4.78, 5) is 29.6. The summed E-state index contributed by atoms with van der Waals surface area (Å²) in [6, 6.07) is 0.719. The molecule has 1 saturated heterocycles. The van der Waals surface area contributed by atoms with E-state index in [1.807, 2.05) is 0 Å². The lowest BCUT2D eigenvalue weighted by atomic mass is 10.1. The third-order valence-corrected chi connectivity index (χ3v) is 6.86. The fourth-order valence-electron chi connectivity index (χ4n) is 3.78. The van der Waals surface area contributed by atoms with Crippen molar-refractivity contribution in [3.8, 4) is 5.88 Å². The molecule has 2 aromatic heterocycles. The number of alkyl halides is 4. The minimum Gasteiger partial charge on any atom is -0.471 e. The van der Waals surface area contributed by atoms with Crippen molar-refractivity contribution in [1.82, 2.24) is 15.2 Å². The fourth-order valence-corrected chi connectivity index (χ4v) is 4.81. The highest BCUT2D eigenvalue weighted by atomic mass is 32.1. The number of halogens is 4. The van der Waals surface area contributed by atoms with Crippen LogP contribution in [0, 0.1) is 5.92 Å². The number of carbonyl (C=O) groups is 2. The van der Waals surface area contributed by atoms with E-state index in [1.54, 1.807) is 6.92 Å². The second kappa shape index (κ2) is 8.96. The molecular formula is C21H23F4N3O4S. The second-order valence-electron chi connectivity index (χ2n) is 8.25. The topological polar surface area (TPSA) is 80.8 Å². The molecule has 0 aromatic carbocycles. The molecule has 1 saturated carbocycles. The van der Waals surface area contributed by atoms with Gasteiger partial charge in [0.15, 0.2) is 6.17 Å². The molecule has 33 heavy (non-hydrogen) atoms. The van der Waals surface area contributed by atoms with Crippen LogP contribution >= 0.6 is 11.3 Å². The molecule has 180 valence electrons. The largest absolute Gasteiger partial charge is 0.471 e. The number of aromatic nitrogens is 1. The van der Waals surface area contributed by atoms with Crippen molar-refractivity contribution in [3.05, 3.63) is 22.6 Å². The average molecular weight is 489 g/mol. The molecule has 2 aromatic rings. The van der Waals surface area contributed by atoms with Gasteiger partial charge in [-0.25, -0.2) is 14.2 Å². The van der Waals surface area contributed by atoms with Crippen LogP contribution < -0.4 is 10.1 Å². The van der Waals surface area contributed by atoms with Gasteiger partial charge in [0.1, 0.15) is 12.2 Å². The Morgan fingerprint density at radius 3 is 2.64 bits per heavy atom. The third kappa shape index (κ3) is 4.99. The van der Waals surface area contributed by atoms with Crippen LogP contribution in [0.2, 0.25) is 0 Å². The van der Waals surface area contributed by atoms with Crippen LogP contribution in [0.4, 0.5) is 22.4 Å². The number of piperidine rings is 1. The van der Waals surface area contributed by atoms with Gasteiger partial charge in [0, 0.05) is 31.5 Å². The molecule has 0 unspecified atom stereocenters. The first kappa shape index (κ1) is 23.5. The van der Waals surface area contributed by atoms with Crippen LogP contribution in [0.25, 0.3) is 10.2 Å². The van der Waals surface area contributed by atoms with Gasteiger partial charge in [0.2, 0.25) is 5.88 Å². The first-order valence-corrected chi connectivity index (χ1v) is 11.4. The zero-order valence-corrected chi connectivity index (χ0v) is 18.8. The van der Waals surface area contributed by atoms with E-state index in [2.05, 4.69) is 10.3 Å². The normalized spacial score (nSPS) is 22.2. The van der Waals surface area contributed by atoms with Gasteiger partial charge in [-0.05, 0) is 25.7 Å². The van der Waals surface area contributed by atoms with Crippen LogP contribution in [0.3, 0.4) is 0 Å². The van der Waals surface area contributed by atoms with Crippen molar-refractivity contribution in [2.24, 2.45) is 5.92 Å². The Balaban J connectivity index is 1.51. The number of nitrogens with zero attached hydrogens (tertiary/aromatic N) is 2. The zero-order valence-electron chi connectivity index (χ0n) is 17.9. The molecule has 12 heteroatoms. The predicted molar refractivity (Wildman–Crippen MR) is 112 cm³/mol. The number of amides is 2. The number of thiophene rings is 1. The smallest absolute Gasteiger partial charge is 0.418 e. The van der Waals surface area contributed by atoms with Crippen LogP contribution in [0.5, 0.6) is 5.88 Å². The monoisotopic (exact) mass is 489 g/mol.